The summed E-state index contributed by atoms with van der Waals surface area (Å²) in [5.74, 6) is 1.65. The molecule has 1 aliphatic rings. The van der Waals surface area contributed by atoms with Crippen molar-refractivity contribution in [3.8, 4) is 0 Å². The van der Waals surface area contributed by atoms with Gasteiger partial charge in [-0.05, 0) is 31.5 Å². The lowest BCUT2D eigenvalue weighted by molar-refractivity contribution is 0.0972. The fraction of sp³-hybridized carbons (Fsp3) is 0.280. The standard InChI is InChI=1S/C25H26N8O2/c1-17-4-3-5-19(14-17)15-27-31-23-22-24(30-25(29-23)32-10-12-35-13-11-32)33(18(2)28-22)16-21(34)20-6-8-26-9-7-20/h3-9,14-15H,10-13,16H2,1-2H3,(H,29,30,31)/b27-15+. The van der Waals surface area contributed by atoms with Gasteiger partial charge in [0.05, 0.1) is 26.0 Å². The number of imidazole rings is 1. The lowest BCUT2D eigenvalue weighted by Gasteiger charge is -2.27. The first-order chi connectivity index (χ1) is 17.1. The second-order valence-electron chi connectivity index (χ2n) is 8.33. The number of ether oxygens (including phenoxy) is 1. The second-order valence-corrected chi connectivity index (χ2v) is 8.33. The van der Waals surface area contributed by atoms with Gasteiger partial charge in [0.2, 0.25) is 5.95 Å². The van der Waals surface area contributed by atoms with Crippen molar-refractivity contribution in [2.45, 2.75) is 20.4 Å². The molecule has 4 aromatic rings. The summed E-state index contributed by atoms with van der Waals surface area (Å²) in [6, 6.07) is 11.5. The number of nitrogens with zero attached hydrogens (tertiary/aromatic N) is 7. The lowest BCUT2D eigenvalue weighted by Crippen LogP contribution is -2.37. The number of hydrogen-bond donors (Lipinski definition) is 1. The molecule has 1 fully saturated rings. The maximum atomic E-state index is 12.9. The van der Waals surface area contributed by atoms with Gasteiger partial charge in [-0.1, -0.05) is 29.8 Å². The molecular weight excluding hydrogens is 444 g/mol. The summed E-state index contributed by atoms with van der Waals surface area (Å²) >= 11 is 0. The van der Waals surface area contributed by atoms with Crippen molar-refractivity contribution >= 4 is 34.9 Å². The average molecular weight is 471 g/mol. The average Bonchev–Trinajstić information content (AvgIpc) is 3.20. The summed E-state index contributed by atoms with van der Waals surface area (Å²) in [4.78, 5) is 33.2. The number of pyridine rings is 1. The molecule has 10 nitrogen and oxygen atoms in total. The molecular formula is C25H26N8O2. The van der Waals surface area contributed by atoms with Gasteiger partial charge in [-0.25, -0.2) is 4.98 Å². The number of rotatable bonds is 7. The zero-order valence-electron chi connectivity index (χ0n) is 19.7. The number of anilines is 2. The van der Waals surface area contributed by atoms with Gasteiger partial charge in [0.25, 0.3) is 0 Å². The van der Waals surface area contributed by atoms with Crippen LogP contribution in [0.1, 0.15) is 27.3 Å². The molecule has 0 aliphatic carbocycles. The molecule has 1 saturated heterocycles. The molecule has 4 heterocycles. The molecule has 3 aromatic heterocycles. The van der Waals surface area contributed by atoms with E-state index >= 15 is 0 Å². The van der Waals surface area contributed by atoms with E-state index in [1.165, 1.54) is 0 Å². The molecule has 0 atom stereocenters. The highest BCUT2D eigenvalue weighted by molar-refractivity contribution is 5.97. The van der Waals surface area contributed by atoms with E-state index in [0.717, 1.165) is 11.1 Å². The van der Waals surface area contributed by atoms with Crippen molar-refractivity contribution < 1.29 is 9.53 Å². The van der Waals surface area contributed by atoms with Gasteiger partial charge in [-0.3, -0.25) is 15.2 Å². The van der Waals surface area contributed by atoms with E-state index in [2.05, 4.69) is 25.4 Å². The van der Waals surface area contributed by atoms with E-state index in [4.69, 9.17) is 14.7 Å². The third-order valence-electron chi connectivity index (χ3n) is 5.80. The van der Waals surface area contributed by atoms with Crippen molar-refractivity contribution in [2.75, 3.05) is 36.6 Å². The number of Topliss-reactive ketones (excluding diaryl/α,β-unsaturated/α-hetero) is 1. The van der Waals surface area contributed by atoms with E-state index in [0.29, 0.717) is 60.6 Å². The number of carbonyl (C=O) groups excluding carboxylic acids is 1. The van der Waals surface area contributed by atoms with Crippen LogP contribution < -0.4 is 10.3 Å². The minimum atomic E-state index is -0.0479. The Morgan fingerprint density at radius 1 is 1.11 bits per heavy atom. The number of fused-ring (bicyclic) bond motifs is 1. The van der Waals surface area contributed by atoms with E-state index in [1.807, 2.05) is 42.7 Å². The third-order valence-corrected chi connectivity index (χ3v) is 5.80. The van der Waals surface area contributed by atoms with Crippen LogP contribution in [0.3, 0.4) is 0 Å². The Balaban J connectivity index is 1.52. The van der Waals surface area contributed by atoms with Gasteiger partial charge in [0.1, 0.15) is 5.82 Å². The second kappa shape index (κ2) is 9.98. The molecule has 0 unspecified atom stereocenters. The predicted molar refractivity (Wildman–Crippen MR) is 134 cm³/mol. The normalized spacial score (nSPS) is 14.1. The molecule has 0 spiro atoms. The highest BCUT2D eigenvalue weighted by Gasteiger charge is 2.22. The first-order valence-electron chi connectivity index (χ1n) is 11.4. The first kappa shape index (κ1) is 22.6. The van der Waals surface area contributed by atoms with Crippen molar-refractivity contribution in [1.82, 2.24) is 24.5 Å². The van der Waals surface area contributed by atoms with Crippen molar-refractivity contribution in [2.24, 2.45) is 5.10 Å². The molecule has 1 aliphatic heterocycles. The highest BCUT2D eigenvalue weighted by atomic mass is 16.5. The molecule has 0 bridgehead atoms. The van der Waals surface area contributed by atoms with Gasteiger partial charge < -0.3 is 14.2 Å². The van der Waals surface area contributed by atoms with Gasteiger partial charge in [0, 0.05) is 31.0 Å². The van der Waals surface area contributed by atoms with Gasteiger partial charge in [0.15, 0.2) is 22.8 Å². The molecule has 10 heteroatoms. The van der Waals surface area contributed by atoms with Gasteiger partial charge in [-0.15, -0.1) is 0 Å². The zero-order chi connectivity index (χ0) is 24.2. The Kier molecular flexibility index (Phi) is 6.44. The van der Waals surface area contributed by atoms with Crippen LogP contribution in [0.5, 0.6) is 0 Å². The maximum Gasteiger partial charge on any atom is 0.229 e. The fourth-order valence-corrected chi connectivity index (χ4v) is 3.96. The molecule has 178 valence electrons. The SMILES string of the molecule is Cc1cccc(/C=N/Nc2nc(N3CCOCC3)nc3c2nc(C)n3CC(=O)c2ccncc2)c1. The Labute approximate surface area is 202 Å². The number of hydrogen-bond acceptors (Lipinski definition) is 9. The fourth-order valence-electron chi connectivity index (χ4n) is 3.96. The number of hydrazone groups is 1. The van der Waals surface area contributed by atoms with Crippen LogP contribution in [0.2, 0.25) is 0 Å². The van der Waals surface area contributed by atoms with Gasteiger partial charge in [-0.2, -0.15) is 15.1 Å². The number of ketones is 1. The van der Waals surface area contributed by atoms with E-state index in [9.17, 15) is 4.79 Å². The molecule has 0 amide bonds. The first-order valence-corrected chi connectivity index (χ1v) is 11.4. The Hall–Kier alpha value is -4.18. The predicted octanol–water partition coefficient (Wildman–Crippen LogP) is 3.00. The largest absolute Gasteiger partial charge is 0.378 e. The summed E-state index contributed by atoms with van der Waals surface area (Å²) < 4.78 is 7.31. The topological polar surface area (TPSA) is 110 Å². The molecule has 1 aromatic carbocycles. The summed E-state index contributed by atoms with van der Waals surface area (Å²) in [6.45, 7) is 6.58. The number of carbonyl (C=O) groups is 1. The van der Waals surface area contributed by atoms with Crippen LogP contribution in [0, 0.1) is 13.8 Å². The minimum absolute atomic E-state index is 0.0479. The number of aromatic nitrogens is 5. The number of aryl methyl sites for hydroxylation is 2. The van der Waals surface area contributed by atoms with Crippen LogP contribution >= 0.6 is 0 Å². The van der Waals surface area contributed by atoms with E-state index < -0.39 is 0 Å². The van der Waals surface area contributed by atoms with Crippen LogP contribution in [0.4, 0.5) is 11.8 Å². The van der Waals surface area contributed by atoms with Crippen LogP contribution in [-0.4, -0.2) is 62.8 Å². The number of morpholine rings is 1. The van der Waals surface area contributed by atoms with Gasteiger partial charge >= 0.3 is 0 Å². The van der Waals surface area contributed by atoms with Crippen molar-refractivity contribution in [3.63, 3.8) is 0 Å². The zero-order valence-corrected chi connectivity index (χ0v) is 19.7. The van der Waals surface area contributed by atoms with Crippen LogP contribution in [0.25, 0.3) is 11.2 Å². The number of benzene rings is 1. The van der Waals surface area contributed by atoms with Crippen LogP contribution in [-0.2, 0) is 11.3 Å². The van der Waals surface area contributed by atoms with E-state index in [-0.39, 0.29) is 12.3 Å². The smallest absolute Gasteiger partial charge is 0.229 e. The maximum absolute atomic E-state index is 12.9. The molecule has 0 radical (unpaired) electrons. The third kappa shape index (κ3) is 5.02. The summed E-state index contributed by atoms with van der Waals surface area (Å²) in [7, 11) is 0. The Morgan fingerprint density at radius 2 is 1.91 bits per heavy atom. The summed E-state index contributed by atoms with van der Waals surface area (Å²) in [5, 5.41) is 4.41. The molecule has 5 rings (SSSR count). The highest BCUT2D eigenvalue weighted by Crippen LogP contribution is 2.25. The van der Waals surface area contributed by atoms with Crippen molar-refractivity contribution in [3.05, 3.63) is 71.3 Å². The van der Waals surface area contributed by atoms with Crippen LogP contribution in [0.15, 0.2) is 53.9 Å². The number of nitrogens with one attached hydrogen (secondary N) is 1. The minimum Gasteiger partial charge on any atom is -0.378 e. The molecule has 0 saturated carbocycles. The Bertz CT molecular complexity index is 1380. The summed E-state index contributed by atoms with van der Waals surface area (Å²) in [6.07, 6.45) is 4.96. The monoisotopic (exact) mass is 470 g/mol. The van der Waals surface area contributed by atoms with E-state index in [1.54, 1.807) is 30.7 Å². The summed E-state index contributed by atoms with van der Waals surface area (Å²) in [5.41, 5.74) is 6.90. The quantitative estimate of drug-likeness (QED) is 0.249. The molecule has 35 heavy (non-hydrogen) atoms. The lowest BCUT2D eigenvalue weighted by atomic mass is 10.2. The van der Waals surface area contributed by atoms with Crippen molar-refractivity contribution in [1.29, 1.82) is 0 Å². The molecule has 1 N–H and O–H groups in total. The Morgan fingerprint density at radius 3 is 2.69 bits per heavy atom.